The summed E-state index contributed by atoms with van der Waals surface area (Å²) < 4.78 is 34.5. The zero-order valence-corrected chi connectivity index (χ0v) is 23.5. The monoisotopic (exact) mass is 516 g/mol. The van der Waals surface area contributed by atoms with Crippen molar-refractivity contribution in [3.05, 3.63) is 53.1 Å². The molecule has 0 radical (unpaired) electrons. The zero-order valence-electron chi connectivity index (χ0n) is 21.8. The number of ether oxygens (including phenoxy) is 6. The highest BCUT2D eigenvalue weighted by molar-refractivity contribution is 7.41. The molecule has 0 spiro atoms. The van der Waals surface area contributed by atoms with E-state index in [0.717, 1.165) is 49.5 Å². The van der Waals surface area contributed by atoms with Crippen molar-refractivity contribution in [3.63, 3.8) is 0 Å². The van der Waals surface area contributed by atoms with Crippen LogP contribution in [0.1, 0.15) is 16.7 Å². The molecule has 0 saturated carbocycles. The molecule has 0 fully saturated rings. The van der Waals surface area contributed by atoms with Gasteiger partial charge in [-0.05, 0) is 39.0 Å². The van der Waals surface area contributed by atoms with Gasteiger partial charge in [-0.25, -0.2) is 0 Å². The van der Waals surface area contributed by atoms with E-state index in [4.69, 9.17) is 39.5 Å². The third-order valence-electron chi connectivity index (χ3n) is 6.45. The molecule has 0 aliphatic heterocycles. The highest BCUT2D eigenvalue weighted by Crippen LogP contribution is 2.36. The molecule has 3 aromatic carbocycles. The summed E-state index contributed by atoms with van der Waals surface area (Å²) in [4.78, 5) is 0. The molecule has 0 aromatic heterocycles. The summed E-state index contributed by atoms with van der Waals surface area (Å²) in [6.45, 7) is 5.87. The smallest absolute Gasteiger partial charge is 0.258 e. The Morgan fingerprint density at radius 2 is 0.714 bits per heavy atom. The van der Waals surface area contributed by atoms with Crippen molar-refractivity contribution in [2.75, 3.05) is 42.7 Å². The topological polar surface area (TPSA) is 55.4 Å². The van der Waals surface area contributed by atoms with Crippen molar-refractivity contribution in [3.8, 4) is 34.5 Å². The highest BCUT2D eigenvalue weighted by atomic mass is 35.6. The summed E-state index contributed by atoms with van der Waals surface area (Å²) in [7, 11) is 6.50. The first kappa shape index (κ1) is 26.6. The average molecular weight is 517 g/mol. The van der Waals surface area contributed by atoms with Crippen LogP contribution < -0.4 is 44.0 Å². The van der Waals surface area contributed by atoms with E-state index >= 15 is 0 Å². The Hall–Kier alpha value is -3.03. The number of hydrogen-bond donors (Lipinski definition) is 0. The van der Waals surface area contributed by atoms with Crippen molar-refractivity contribution in [2.45, 2.75) is 20.8 Å². The third kappa shape index (κ3) is 4.27. The number of halogens is 1. The van der Waals surface area contributed by atoms with Gasteiger partial charge >= 0.3 is 0 Å². The molecule has 3 rings (SSSR count). The molecule has 0 N–H and O–H groups in total. The van der Waals surface area contributed by atoms with Crippen molar-refractivity contribution >= 4 is 34.0 Å². The van der Waals surface area contributed by atoms with Gasteiger partial charge < -0.3 is 28.4 Å². The lowest BCUT2D eigenvalue weighted by Crippen LogP contribution is -2.64. The fraction of sp³-hybridized carbons (Fsp3) is 0.333. The van der Waals surface area contributed by atoms with Crippen LogP contribution in [0, 0.1) is 20.8 Å². The van der Waals surface area contributed by atoms with E-state index in [2.05, 4.69) is 0 Å². The lowest BCUT2D eigenvalue weighted by atomic mass is 10.2. The van der Waals surface area contributed by atoms with E-state index in [0.29, 0.717) is 17.2 Å². The number of hydrogen-bond acceptors (Lipinski definition) is 6. The number of rotatable bonds is 9. The Balaban J connectivity index is 2.55. The maximum atomic E-state index is 7.95. The van der Waals surface area contributed by atoms with Crippen molar-refractivity contribution in [2.24, 2.45) is 0 Å². The van der Waals surface area contributed by atoms with Crippen LogP contribution in [-0.4, -0.2) is 50.0 Å². The lowest BCUT2D eigenvalue weighted by molar-refractivity contribution is 0.389. The second kappa shape index (κ2) is 10.7. The van der Waals surface area contributed by atoms with Gasteiger partial charge in [0.2, 0.25) is 0 Å². The summed E-state index contributed by atoms with van der Waals surface area (Å²) in [5.74, 6) is 4.14. The van der Waals surface area contributed by atoms with Gasteiger partial charge in [-0.15, -0.1) is 11.1 Å². The SMILES string of the molecule is COc1ccc([Si](Cl)(c2ccc(OC)c(C)c2OC)c2ccc(OC)c(C)c2OC)c(OC)c1C. The van der Waals surface area contributed by atoms with E-state index in [9.17, 15) is 0 Å². The van der Waals surface area contributed by atoms with Gasteiger partial charge in [-0.2, -0.15) is 0 Å². The minimum absolute atomic E-state index is 0.664. The van der Waals surface area contributed by atoms with Crippen LogP contribution in [-0.2, 0) is 0 Å². The van der Waals surface area contributed by atoms with Crippen molar-refractivity contribution in [1.82, 2.24) is 0 Å². The zero-order chi connectivity index (χ0) is 25.9. The van der Waals surface area contributed by atoms with Gasteiger partial charge in [-0.3, -0.25) is 0 Å². The summed E-state index contributed by atoms with van der Waals surface area (Å²) in [5, 5.41) is 2.56. The molecule has 0 aliphatic carbocycles. The van der Waals surface area contributed by atoms with Gasteiger partial charge in [0, 0.05) is 32.3 Å². The molecule has 8 heteroatoms. The van der Waals surface area contributed by atoms with Gasteiger partial charge in [0.15, 0.2) is 0 Å². The van der Waals surface area contributed by atoms with Crippen LogP contribution in [0.3, 0.4) is 0 Å². The molecule has 0 saturated heterocycles. The first-order valence-corrected chi connectivity index (χ1v) is 14.1. The molecule has 35 heavy (non-hydrogen) atoms. The number of benzene rings is 3. The predicted molar refractivity (Wildman–Crippen MR) is 143 cm³/mol. The maximum Gasteiger partial charge on any atom is 0.258 e. The Labute approximate surface area is 213 Å². The Bertz CT molecular complexity index is 1080. The maximum absolute atomic E-state index is 7.95. The van der Waals surface area contributed by atoms with Crippen LogP contribution in [0.25, 0.3) is 0 Å². The Morgan fingerprint density at radius 1 is 0.457 bits per heavy atom. The van der Waals surface area contributed by atoms with Gasteiger partial charge in [0.1, 0.15) is 34.5 Å². The molecule has 188 valence electrons. The Morgan fingerprint density at radius 3 is 0.914 bits per heavy atom. The molecule has 0 bridgehead atoms. The van der Waals surface area contributed by atoms with Gasteiger partial charge in [0.05, 0.1) is 42.7 Å². The van der Waals surface area contributed by atoms with Gasteiger partial charge in [-0.1, -0.05) is 18.2 Å². The molecule has 0 amide bonds. The van der Waals surface area contributed by atoms with E-state index < -0.39 is 7.38 Å². The molecule has 0 heterocycles. The number of methoxy groups -OCH3 is 6. The summed E-state index contributed by atoms with van der Waals surface area (Å²) in [6.07, 6.45) is 0. The molecule has 0 unspecified atom stereocenters. The first-order valence-electron chi connectivity index (χ1n) is 11.1. The van der Waals surface area contributed by atoms with E-state index in [1.165, 1.54) is 0 Å². The van der Waals surface area contributed by atoms with Crippen molar-refractivity contribution in [1.29, 1.82) is 0 Å². The molecule has 0 aliphatic rings. The van der Waals surface area contributed by atoms with E-state index in [1.807, 2.05) is 57.2 Å². The predicted octanol–water partition coefficient (Wildman–Crippen LogP) is 3.87. The van der Waals surface area contributed by atoms with Crippen LogP contribution >= 0.6 is 11.1 Å². The fourth-order valence-electron chi connectivity index (χ4n) is 4.72. The minimum Gasteiger partial charge on any atom is -0.496 e. The molecular weight excluding hydrogens is 484 g/mol. The lowest BCUT2D eigenvalue weighted by Gasteiger charge is -2.32. The second-order valence-electron chi connectivity index (χ2n) is 8.08. The van der Waals surface area contributed by atoms with Gasteiger partial charge in [0.25, 0.3) is 7.38 Å². The average Bonchev–Trinajstić information content (AvgIpc) is 2.87. The minimum atomic E-state index is -3.35. The quantitative estimate of drug-likeness (QED) is 0.244. The van der Waals surface area contributed by atoms with E-state index in [1.54, 1.807) is 42.7 Å². The second-order valence-corrected chi connectivity index (χ2v) is 12.7. The van der Waals surface area contributed by atoms with Crippen molar-refractivity contribution < 1.29 is 28.4 Å². The van der Waals surface area contributed by atoms with Crippen LogP contribution in [0.4, 0.5) is 0 Å². The van der Waals surface area contributed by atoms with Crippen LogP contribution in [0.15, 0.2) is 36.4 Å². The normalized spacial score (nSPS) is 11.1. The summed E-state index contributed by atoms with van der Waals surface area (Å²) >= 11 is 7.95. The molecular formula is C27H33ClO6Si. The molecule has 6 nitrogen and oxygen atoms in total. The van der Waals surface area contributed by atoms with Crippen LogP contribution in [0.5, 0.6) is 34.5 Å². The molecule has 3 aromatic rings. The largest absolute Gasteiger partial charge is 0.496 e. The third-order valence-corrected chi connectivity index (χ3v) is 11.7. The highest BCUT2D eigenvalue weighted by Gasteiger charge is 2.46. The first-order chi connectivity index (χ1) is 16.7. The Kier molecular flexibility index (Phi) is 8.13. The fourth-order valence-corrected chi connectivity index (χ4v) is 9.68. The van der Waals surface area contributed by atoms with Crippen LogP contribution in [0.2, 0.25) is 0 Å². The molecule has 0 atom stereocenters. The summed E-state index contributed by atoms with van der Waals surface area (Å²) in [6, 6.07) is 11.7. The van der Waals surface area contributed by atoms with E-state index in [-0.39, 0.29) is 0 Å². The standard InChI is InChI=1S/C27H33ClO6Si/c1-16-19(29-4)10-13-22(25(16)32-7)35(28,23-14-11-20(30-5)17(2)26(23)33-8)24-15-12-21(31-6)18(3)27(24)34-9/h10-15H,1-9H3. The summed E-state index contributed by atoms with van der Waals surface area (Å²) in [5.41, 5.74) is 2.58.